The zero-order valence-electron chi connectivity index (χ0n) is 23.3. The van der Waals surface area contributed by atoms with Crippen LogP contribution < -0.4 is 20.3 Å². The van der Waals surface area contributed by atoms with E-state index in [9.17, 15) is 9.18 Å². The van der Waals surface area contributed by atoms with Gasteiger partial charge in [0.15, 0.2) is 0 Å². The van der Waals surface area contributed by atoms with E-state index in [1.807, 2.05) is 11.4 Å². The number of aromatic nitrogens is 5. The Hall–Kier alpha value is -4.58. The lowest BCUT2D eigenvalue weighted by atomic mass is 10.1. The molecule has 0 saturated heterocycles. The van der Waals surface area contributed by atoms with Crippen LogP contribution in [-0.2, 0) is 18.0 Å². The van der Waals surface area contributed by atoms with Gasteiger partial charge in [0.05, 0.1) is 49.0 Å². The van der Waals surface area contributed by atoms with Crippen LogP contribution >= 0.6 is 0 Å². The Morgan fingerprint density at radius 2 is 2.08 bits per heavy atom. The predicted molar refractivity (Wildman–Crippen MR) is 137 cm³/mol. The number of rotatable bonds is 4. The van der Waals surface area contributed by atoms with E-state index in [2.05, 4.69) is 25.4 Å². The Morgan fingerprint density at radius 1 is 1.18 bits per heavy atom. The SMILES string of the molecule is [2H]C([2H])([2H])NC(=O)c1cnc2cc1Nc1cc(ccc1OC)COCc1cc(F)cc(n1)N2c1ncn(C2CC2)n1. The van der Waals surface area contributed by atoms with Crippen LogP contribution in [0.2, 0.25) is 0 Å². The molecule has 1 aromatic carbocycles. The Kier molecular flexibility index (Phi) is 5.23. The summed E-state index contributed by atoms with van der Waals surface area (Å²) in [6, 6.07) is 9.58. The van der Waals surface area contributed by atoms with Crippen LogP contribution in [0.4, 0.5) is 33.3 Å². The van der Waals surface area contributed by atoms with Crippen molar-refractivity contribution < 1.29 is 22.8 Å². The van der Waals surface area contributed by atoms with Crippen LogP contribution in [0.3, 0.4) is 0 Å². The van der Waals surface area contributed by atoms with Crippen molar-refractivity contribution in [2.75, 3.05) is 24.3 Å². The molecule has 1 fully saturated rings. The van der Waals surface area contributed by atoms with Gasteiger partial charge in [-0.25, -0.2) is 23.9 Å². The zero-order chi connectivity index (χ0) is 28.7. The molecule has 1 aliphatic carbocycles. The number of methoxy groups -OCH3 is 1. The number of pyridine rings is 2. The summed E-state index contributed by atoms with van der Waals surface area (Å²) < 4.78 is 50.5. The number of halogens is 1. The molecule has 38 heavy (non-hydrogen) atoms. The molecule has 6 rings (SSSR count). The number of nitrogens with zero attached hydrogens (tertiary/aromatic N) is 6. The first-order chi connectivity index (χ1) is 19.7. The number of ether oxygens (including phenoxy) is 2. The lowest BCUT2D eigenvalue weighted by Crippen LogP contribution is -2.21. The molecule has 0 spiro atoms. The highest BCUT2D eigenvalue weighted by Crippen LogP contribution is 2.38. The smallest absolute Gasteiger partial charge is 0.256 e. The molecule has 4 heterocycles. The number of nitrogens with one attached hydrogen (secondary N) is 2. The van der Waals surface area contributed by atoms with Crippen molar-refractivity contribution in [3.63, 3.8) is 0 Å². The quantitative estimate of drug-likeness (QED) is 0.410. The third kappa shape index (κ3) is 4.61. The topological polar surface area (TPSA) is 119 Å². The Morgan fingerprint density at radius 3 is 2.89 bits per heavy atom. The van der Waals surface area contributed by atoms with Crippen molar-refractivity contribution in [1.82, 2.24) is 30.0 Å². The van der Waals surface area contributed by atoms with Gasteiger partial charge in [-0.15, -0.1) is 5.10 Å². The second-order valence-electron chi connectivity index (χ2n) is 8.92. The number of hydrogen-bond acceptors (Lipinski definition) is 9. The highest BCUT2D eigenvalue weighted by molar-refractivity contribution is 6.00. The summed E-state index contributed by atoms with van der Waals surface area (Å²) in [6.45, 7) is -2.52. The van der Waals surface area contributed by atoms with Crippen molar-refractivity contribution in [2.45, 2.75) is 32.1 Å². The predicted octanol–water partition coefficient (Wildman–Crippen LogP) is 4.15. The number of carbonyl (C=O) groups excluding carboxylic acids is 1. The van der Waals surface area contributed by atoms with E-state index in [4.69, 9.17) is 13.6 Å². The number of anilines is 5. The van der Waals surface area contributed by atoms with E-state index in [0.29, 0.717) is 17.1 Å². The van der Waals surface area contributed by atoms with E-state index >= 15 is 0 Å². The van der Waals surface area contributed by atoms with Crippen LogP contribution in [-0.4, -0.2) is 44.7 Å². The lowest BCUT2D eigenvalue weighted by Gasteiger charge is -2.22. The first kappa shape index (κ1) is 20.5. The van der Waals surface area contributed by atoms with Crippen molar-refractivity contribution in [3.05, 3.63) is 71.6 Å². The molecule has 2 N–H and O–H groups in total. The van der Waals surface area contributed by atoms with Crippen LogP contribution in [0.15, 0.2) is 48.9 Å². The molecule has 1 aliphatic heterocycles. The van der Waals surface area contributed by atoms with E-state index in [1.54, 1.807) is 23.1 Å². The molecule has 6 bridgehead atoms. The van der Waals surface area contributed by atoms with Crippen molar-refractivity contribution >= 4 is 34.9 Å². The van der Waals surface area contributed by atoms with Crippen molar-refractivity contribution in [2.24, 2.45) is 0 Å². The highest BCUT2D eigenvalue weighted by atomic mass is 19.1. The number of benzene rings is 1. The summed E-state index contributed by atoms with van der Waals surface area (Å²) in [7, 11) is 1.51. The van der Waals surface area contributed by atoms with Crippen LogP contribution in [0, 0.1) is 5.82 Å². The molecule has 0 radical (unpaired) electrons. The number of fused-ring (bicyclic) bond motifs is 6. The summed E-state index contributed by atoms with van der Waals surface area (Å²) in [5.74, 6) is -0.429. The minimum atomic E-state index is -2.73. The van der Waals surface area contributed by atoms with Gasteiger partial charge in [0.1, 0.15) is 29.5 Å². The summed E-state index contributed by atoms with van der Waals surface area (Å²) in [6.07, 6.45) is 4.77. The number of amides is 1. The highest BCUT2D eigenvalue weighted by Gasteiger charge is 2.28. The fourth-order valence-corrected chi connectivity index (χ4v) is 4.21. The molecule has 1 amide bonds. The maximum Gasteiger partial charge on any atom is 0.256 e. The maximum atomic E-state index is 14.9. The summed E-state index contributed by atoms with van der Waals surface area (Å²) in [4.78, 5) is 28.0. The van der Waals surface area contributed by atoms with E-state index < -0.39 is 18.7 Å². The van der Waals surface area contributed by atoms with Crippen LogP contribution in [0.25, 0.3) is 0 Å². The van der Waals surface area contributed by atoms with Crippen LogP contribution in [0.5, 0.6) is 5.75 Å². The van der Waals surface area contributed by atoms with Gasteiger partial charge in [0, 0.05) is 29.4 Å². The largest absolute Gasteiger partial charge is 0.495 e. The van der Waals surface area contributed by atoms with Gasteiger partial charge in [-0.05, 0) is 36.6 Å². The molecule has 1 saturated carbocycles. The fourth-order valence-electron chi connectivity index (χ4n) is 4.21. The van der Waals surface area contributed by atoms with Gasteiger partial charge in [0.25, 0.3) is 11.9 Å². The molecule has 194 valence electrons. The van der Waals surface area contributed by atoms with Gasteiger partial charge in [-0.3, -0.25) is 4.79 Å². The molecular weight excluding hydrogens is 491 g/mol. The average Bonchev–Trinajstić information content (AvgIpc) is 3.65. The Labute approximate surface area is 221 Å². The molecule has 4 aromatic rings. The first-order valence-corrected chi connectivity index (χ1v) is 11.9. The standard InChI is InChI=1S/C26H25FN8O3/c1-28-25(36)19-11-29-23-10-20(19)32-21-7-15(3-6-22(21)37-2)12-38-13-17-8-16(27)9-24(31-17)35(23)26-30-14-34(33-26)18-4-5-18/h3,6-11,14,18,32H,4-5,12-13H2,1-2H3,(H,28,36)/i1D3. The minimum Gasteiger partial charge on any atom is -0.495 e. The summed E-state index contributed by atoms with van der Waals surface area (Å²) >= 11 is 0. The van der Waals surface area contributed by atoms with Crippen molar-refractivity contribution in [1.29, 1.82) is 0 Å². The first-order valence-electron chi connectivity index (χ1n) is 13.4. The summed E-state index contributed by atoms with van der Waals surface area (Å²) in [5.41, 5.74) is 1.75. The Bertz CT molecular complexity index is 1630. The second kappa shape index (κ2) is 9.71. The summed E-state index contributed by atoms with van der Waals surface area (Å²) in [5, 5.41) is 9.77. The van der Waals surface area contributed by atoms with Crippen molar-refractivity contribution in [3.8, 4) is 5.75 Å². The molecule has 11 nitrogen and oxygen atoms in total. The zero-order valence-corrected chi connectivity index (χ0v) is 20.3. The van der Waals surface area contributed by atoms with E-state index in [1.165, 1.54) is 36.4 Å². The normalized spacial score (nSPS) is 16.4. The average molecular weight is 520 g/mol. The molecular formula is C26H25FN8O3. The van der Waals surface area contributed by atoms with Crippen LogP contribution in [0.1, 0.15) is 44.6 Å². The van der Waals surface area contributed by atoms with E-state index in [0.717, 1.165) is 18.4 Å². The molecule has 12 heteroatoms. The second-order valence-corrected chi connectivity index (χ2v) is 8.92. The van der Waals surface area contributed by atoms with E-state index in [-0.39, 0.29) is 48.1 Å². The van der Waals surface area contributed by atoms with Gasteiger partial charge in [0.2, 0.25) is 0 Å². The molecule has 3 aromatic heterocycles. The fraction of sp³-hybridized carbons (Fsp3) is 0.269. The molecule has 0 atom stereocenters. The van der Waals surface area contributed by atoms with Gasteiger partial charge in [-0.2, -0.15) is 4.98 Å². The van der Waals surface area contributed by atoms with Gasteiger partial charge in [-0.1, -0.05) is 6.07 Å². The third-order valence-electron chi connectivity index (χ3n) is 6.20. The molecule has 2 aliphatic rings. The number of hydrogen-bond donors (Lipinski definition) is 2. The lowest BCUT2D eigenvalue weighted by molar-refractivity contribution is 0.0963. The van der Waals surface area contributed by atoms with Gasteiger partial charge < -0.3 is 20.1 Å². The molecule has 0 unspecified atom stereocenters. The Balaban J connectivity index is 1.55. The maximum absolute atomic E-state index is 14.9. The number of carbonyl (C=O) groups is 1. The monoisotopic (exact) mass is 519 g/mol. The van der Waals surface area contributed by atoms with Gasteiger partial charge >= 0.3 is 0 Å². The third-order valence-corrected chi connectivity index (χ3v) is 6.20. The minimum absolute atomic E-state index is 0.0320.